The van der Waals surface area contributed by atoms with E-state index in [1.807, 2.05) is 17.5 Å². The molecule has 1 atom stereocenters. The Labute approximate surface area is 86.8 Å². The number of hydrogen-bond donors (Lipinski definition) is 2. The minimum absolute atomic E-state index is 0.565. The van der Waals surface area contributed by atoms with Crippen LogP contribution in [0.4, 0.5) is 0 Å². The summed E-state index contributed by atoms with van der Waals surface area (Å²) in [5, 5.41) is 14.4. The Bertz CT molecular complexity index is 315. The van der Waals surface area contributed by atoms with Gasteiger partial charge in [0.2, 0.25) is 0 Å². The third-order valence-electron chi connectivity index (χ3n) is 2.79. The lowest BCUT2D eigenvalue weighted by molar-refractivity contribution is -0.147. The first kappa shape index (κ1) is 9.68. The molecule has 1 fully saturated rings. The number of carbonyl (C=O) groups is 1. The smallest absolute Gasteiger partial charge is 0.311 e. The molecule has 2 rings (SSSR count). The summed E-state index contributed by atoms with van der Waals surface area (Å²) >= 11 is 1.63. The zero-order chi connectivity index (χ0) is 10.0. The van der Waals surface area contributed by atoms with Gasteiger partial charge < -0.3 is 10.4 Å². The van der Waals surface area contributed by atoms with Crippen LogP contribution in [0.5, 0.6) is 0 Å². The normalized spacial score (nSPS) is 26.6. The van der Waals surface area contributed by atoms with E-state index in [-0.39, 0.29) is 0 Å². The van der Waals surface area contributed by atoms with Crippen LogP contribution in [-0.4, -0.2) is 24.2 Å². The third kappa shape index (κ3) is 1.67. The van der Waals surface area contributed by atoms with Crippen molar-refractivity contribution < 1.29 is 9.90 Å². The van der Waals surface area contributed by atoms with Crippen molar-refractivity contribution in [2.24, 2.45) is 5.41 Å². The van der Waals surface area contributed by atoms with Gasteiger partial charge in [-0.3, -0.25) is 4.79 Å². The topological polar surface area (TPSA) is 49.3 Å². The highest BCUT2D eigenvalue weighted by Crippen LogP contribution is 2.31. The summed E-state index contributed by atoms with van der Waals surface area (Å²) in [4.78, 5) is 12.4. The second-order valence-electron chi connectivity index (χ2n) is 3.77. The van der Waals surface area contributed by atoms with Gasteiger partial charge in [-0.25, -0.2) is 0 Å². The molecule has 1 aliphatic rings. The molecular formula is C10H13NO2S. The van der Waals surface area contributed by atoms with E-state index in [1.54, 1.807) is 11.3 Å². The quantitative estimate of drug-likeness (QED) is 0.793. The number of nitrogens with one attached hydrogen (secondary N) is 1. The molecule has 2 heterocycles. The zero-order valence-corrected chi connectivity index (χ0v) is 8.64. The maximum atomic E-state index is 11.2. The average molecular weight is 211 g/mol. The first-order valence-corrected chi connectivity index (χ1v) is 5.57. The molecule has 1 aromatic rings. The molecule has 14 heavy (non-hydrogen) atoms. The molecule has 2 N–H and O–H groups in total. The first-order chi connectivity index (χ1) is 6.73. The van der Waals surface area contributed by atoms with Crippen LogP contribution in [0.3, 0.4) is 0 Å². The molecule has 3 nitrogen and oxygen atoms in total. The van der Waals surface area contributed by atoms with Gasteiger partial charge in [-0.2, -0.15) is 0 Å². The predicted octanol–water partition coefficient (Wildman–Crippen LogP) is 1.35. The summed E-state index contributed by atoms with van der Waals surface area (Å²) in [7, 11) is 0. The Balaban J connectivity index is 2.16. The molecule has 1 saturated heterocycles. The largest absolute Gasteiger partial charge is 0.481 e. The molecule has 1 unspecified atom stereocenters. The van der Waals surface area contributed by atoms with Gasteiger partial charge in [0.25, 0.3) is 0 Å². The summed E-state index contributed by atoms with van der Waals surface area (Å²) in [5.74, 6) is -0.670. The van der Waals surface area contributed by atoms with Crippen molar-refractivity contribution in [1.82, 2.24) is 5.32 Å². The van der Waals surface area contributed by atoms with E-state index in [9.17, 15) is 9.90 Å². The minimum Gasteiger partial charge on any atom is -0.481 e. The van der Waals surface area contributed by atoms with E-state index in [0.717, 1.165) is 17.8 Å². The van der Waals surface area contributed by atoms with Crippen LogP contribution in [0, 0.1) is 5.41 Å². The van der Waals surface area contributed by atoms with Crippen molar-refractivity contribution in [3.05, 3.63) is 22.4 Å². The number of carboxylic acids is 1. The summed E-state index contributed by atoms with van der Waals surface area (Å²) in [5.41, 5.74) is -0.565. The van der Waals surface area contributed by atoms with Crippen molar-refractivity contribution in [2.45, 2.75) is 12.8 Å². The second kappa shape index (κ2) is 3.71. The van der Waals surface area contributed by atoms with Gasteiger partial charge in [0.05, 0.1) is 5.41 Å². The maximum Gasteiger partial charge on any atom is 0.311 e. The molecule has 4 heteroatoms. The van der Waals surface area contributed by atoms with Crippen molar-refractivity contribution in [1.29, 1.82) is 0 Å². The second-order valence-corrected chi connectivity index (χ2v) is 4.80. The fourth-order valence-electron chi connectivity index (χ4n) is 1.90. The Morgan fingerprint density at radius 1 is 1.71 bits per heavy atom. The molecule has 0 spiro atoms. The number of aliphatic carboxylic acids is 1. The Morgan fingerprint density at radius 3 is 3.07 bits per heavy atom. The minimum atomic E-state index is -0.670. The lowest BCUT2D eigenvalue weighted by Crippen LogP contribution is -2.35. The van der Waals surface area contributed by atoms with Crippen molar-refractivity contribution >= 4 is 17.3 Å². The highest BCUT2D eigenvalue weighted by molar-refractivity contribution is 7.09. The molecule has 0 aliphatic carbocycles. The van der Waals surface area contributed by atoms with E-state index < -0.39 is 11.4 Å². The molecule has 0 radical (unpaired) electrons. The molecule has 1 aliphatic heterocycles. The van der Waals surface area contributed by atoms with Gasteiger partial charge in [0.1, 0.15) is 0 Å². The molecule has 0 amide bonds. The van der Waals surface area contributed by atoms with E-state index in [0.29, 0.717) is 13.0 Å². The van der Waals surface area contributed by atoms with Crippen LogP contribution in [-0.2, 0) is 11.2 Å². The lowest BCUT2D eigenvalue weighted by Gasteiger charge is -2.21. The third-order valence-corrected chi connectivity index (χ3v) is 3.67. The van der Waals surface area contributed by atoms with Gasteiger partial charge in [-0.05, 0) is 30.8 Å². The Morgan fingerprint density at radius 2 is 2.57 bits per heavy atom. The zero-order valence-electron chi connectivity index (χ0n) is 7.82. The van der Waals surface area contributed by atoms with Crippen molar-refractivity contribution in [3.8, 4) is 0 Å². The molecule has 76 valence electrons. The summed E-state index contributed by atoms with van der Waals surface area (Å²) in [6, 6.07) is 3.98. The van der Waals surface area contributed by atoms with E-state index in [1.165, 1.54) is 0 Å². The number of hydrogen-bond acceptors (Lipinski definition) is 3. The highest BCUT2D eigenvalue weighted by Gasteiger charge is 2.41. The van der Waals surface area contributed by atoms with Crippen LogP contribution in [0.25, 0.3) is 0 Å². The van der Waals surface area contributed by atoms with Gasteiger partial charge in [0.15, 0.2) is 0 Å². The van der Waals surface area contributed by atoms with Gasteiger partial charge in [0, 0.05) is 11.4 Å². The monoisotopic (exact) mass is 211 g/mol. The van der Waals surface area contributed by atoms with E-state index >= 15 is 0 Å². The van der Waals surface area contributed by atoms with Gasteiger partial charge in [-0.1, -0.05) is 6.07 Å². The number of thiophene rings is 1. The van der Waals surface area contributed by atoms with Crippen LogP contribution in [0.1, 0.15) is 11.3 Å². The standard InChI is InChI=1S/C10H13NO2S/c12-9(13)10(3-4-11-7-10)6-8-2-1-5-14-8/h1-2,5,11H,3-4,6-7H2,(H,12,13). The lowest BCUT2D eigenvalue weighted by atomic mass is 9.83. The highest BCUT2D eigenvalue weighted by atomic mass is 32.1. The summed E-state index contributed by atoms with van der Waals surface area (Å²) < 4.78 is 0. The van der Waals surface area contributed by atoms with Crippen LogP contribution in [0.15, 0.2) is 17.5 Å². The molecular weight excluding hydrogens is 198 g/mol. The SMILES string of the molecule is O=C(O)C1(Cc2cccs2)CCNC1. The van der Waals surface area contributed by atoms with E-state index in [4.69, 9.17) is 0 Å². The van der Waals surface area contributed by atoms with E-state index in [2.05, 4.69) is 5.32 Å². The Hall–Kier alpha value is -0.870. The first-order valence-electron chi connectivity index (χ1n) is 4.69. The predicted molar refractivity (Wildman–Crippen MR) is 55.6 cm³/mol. The van der Waals surface area contributed by atoms with Crippen molar-refractivity contribution in [3.63, 3.8) is 0 Å². The Kier molecular flexibility index (Phi) is 2.56. The molecule has 0 aromatic carbocycles. The number of rotatable bonds is 3. The van der Waals surface area contributed by atoms with Crippen molar-refractivity contribution in [2.75, 3.05) is 13.1 Å². The van der Waals surface area contributed by atoms with Gasteiger partial charge in [-0.15, -0.1) is 11.3 Å². The molecule has 0 saturated carbocycles. The number of carboxylic acid groups (broad SMARTS) is 1. The van der Waals surface area contributed by atoms with Crippen LogP contribution >= 0.6 is 11.3 Å². The van der Waals surface area contributed by atoms with Crippen LogP contribution < -0.4 is 5.32 Å². The van der Waals surface area contributed by atoms with Gasteiger partial charge >= 0.3 is 5.97 Å². The summed E-state index contributed by atoms with van der Waals surface area (Å²) in [6.45, 7) is 1.41. The van der Waals surface area contributed by atoms with Crippen LogP contribution in [0.2, 0.25) is 0 Å². The molecule has 0 bridgehead atoms. The fourth-order valence-corrected chi connectivity index (χ4v) is 2.75. The average Bonchev–Trinajstić information content (AvgIpc) is 2.76. The molecule has 1 aromatic heterocycles. The summed E-state index contributed by atoms with van der Waals surface area (Å²) in [6.07, 6.45) is 1.40. The maximum absolute atomic E-state index is 11.2. The fraction of sp³-hybridized carbons (Fsp3) is 0.500.